The van der Waals surface area contributed by atoms with Gasteiger partial charge in [0.1, 0.15) is 12.4 Å². The van der Waals surface area contributed by atoms with Gasteiger partial charge in [-0.2, -0.15) is 5.10 Å². The Balaban J connectivity index is 1.76. The predicted molar refractivity (Wildman–Crippen MR) is 103 cm³/mol. The number of aromatic nitrogens is 2. The number of rotatable bonds is 6. The van der Waals surface area contributed by atoms with Crippen molar-refractivity contribution in [3.63, 3.8) is 0 Å². The fourth-order valence-corrected chi connectivity index (χ4v) is 2.46. The topological polar surface area (TPSA) is 79.4 Å². The van der Waals surface area contributed by atoms with Gasteiger partial charge in [0.25, 0.3) is 5.56 Å². The summed E-state index contributed by atoms with van der Waals surface area (Å²) < 4.78 is 5.95. The van der Waals surface area contributed by atoms with Crippen LogP contribution in [0.25, 0.3) is 0 Å². The fraction of sp³-hybridized carbons (Fsp3) is 0.150. The number of hydrogen-bond acceptors (Lipinski definition) is 5. The molecule has 0 aliphatic carbocycles. The average molecular weight is 348 g/mol. The molecule has 0 unspecified atom stereocenters. The maximum Gasteiger partial charge on any atom is 0.252 e. The van der Waals surface area contributed by atoms with Crippen molar-refractivity contribution >= 4 is 11.7 Å². The van der Waals surface area contributed by atoms with Crippen LogP contribution in [0.3, 0.4) is 0 Å². The summed E-state index contributed by atoms with van der Waals surface area (Å²) in [7, 11) is 0. The van der Waals surface area contributed by atoms with Crippen molar-refractivity contribution in [1.29, 1.82) is 0 Å². The van der Waals surface area contributed by atoms with Crippen LogP contribution < -0.4 is 15.7 Å². The third kappa shape index (κ3) is 4.57. The summed E-state index contributed by atoms with van der Waals surface area (Å²) in [6.07, 6.45) is 0. The lowest BCUT2D eigenvalue weighted by Gasteiger charge is -2.11. The van der Waals surface area contributed by atoms with E-state index in [1.165, 1.54) is 6.07 Å². The van der Waals surface area contributed by atoms with Gasteiger partial charge in [0.2, 0.25) is 5.95 Å². The molecule has 2 aromatic carbocycles. The van der Waals surface area contributed by atoms with Gasteiger partial charge in [-0.15, -0.1) is 0 Å². The molecule has 2 N–H and O–H groups in total. The quantitative estimate of drug-likeness (QED) is 0.528. The Labute approximate surface area is 151 Å². The van der Waals surface area contributed by atoms with E-state index in [1.54, 1.807) is 6.92 Å². The lowest BCUT2D eigenvalue weighted by atomic mass is 10.1. The van der Waals surface area contributed by atoms with Crippen LogP contribution in [0.4, 0.5) is 5.95 Å². The summed E-state index contributed by atoms with van der Waals surface area (Å²) in [4.78, 5) is 18.3. The van der Waals surface area contributed by atoms with Gasteiger partial charge in [-0.05, 0) is 31.5 Å². The van der Waals surface area contributed by atoms with Crippen molar-refractivity contribution in [3.8, 4) is 5.75 Å². The van der Waals surface area contributed by atoms with Gasteiger partial charge in [0.15, 0.2) is 0 Å². The molecule has 0 atom stereocenters. The highest BCUT2D eigenvalue weighted by Crippen LogP contribution is 2.20. The second kappa shape index (κ2) is 8.11. The molecule has 0 saturated carbocycles. The SMILES string of the molecule is CC(=NNc1nc(C)cc(=O)[nH]1)c1ccccc1OCc1ccccc1. The van der Waals surface area contributed by atoms with E-state index in [0.717, 1.165) is 22.6 Å². The van der Waals surface area contributed by atoms with Crippen LogP contribution in [0, 0.1) is 6.92 Å². The number of para-hydroxylation sites is 1. The number of aryl methyl sites for hydroxylation is 1. The molecular weight excluding hydrogens is 328 g/mol. The smallest absolute Gasteiger partial charge is 0.252 e. The van der Waals surface area contributed by atoms with E-state index in [1.807, 2.05) is 61.5 Å². The molecule has 132 valence electrons. The third-order valence-corrected chi connectivity index (χ3v) is 3.71. The highest BCUT2D eigenvalue weighted by molar-refractivity contribution is 6.01. The first-order valence-corrected chi connectivity index (χ1v) is 8.26. The Morgan fingerprint density at radius 2 is 1.88 bits per heavy atom. The Kier molecular flexibility index (Phi) is 5.43. The normalized spacial score (nSPS) is 11.2. The second-order valence-electron chi connectivity index (χ2n) is 5.81. The van der Waals surface area contributed by atoms with E-state index in [0.29, 0.717) is 18.2 Å². The fourth-order valence-electron chi connectivity index (χ4n) is 2.46. The Morgan fingerprint density at radius 3 is 2.65 bits per heavy atom. The minimum Gasteiger partial charge on any atom is -0.488 e. The predicted octanol–water partition coefficient (Wildman–Crippen LogP) is 3.49. The van der Waals surface area contributed by atoms with Crippen LogP contribution >= 0.6 is 0 Å². The number of H-pyrrole nitrogens is 1. The molecule has 0 radical (unpaired) electrons. The zero-order valence-corrected chi connectivity index (χ0v) is 14.7. The minimum absolute atomic E-state index is 0.223. The van der Waals surface area contributed by atoms with E-state index < -0.39 is 0 Å². The highest BCUT2D eigenvalue weighted by Gasteiger charge is 2.07. The molecule has 0 aliphatic rings. The monoisotopic (exact) mass is 348 g/mol. The van der Waals surface area contributed by atoms with Crippen LogP contribution in [0.2, 0.25) is 0 Å². The third-order valence-electron chi connectivity index (χ3n) is 3.71. The van der Waals surface area contributed by atoms with E-state index in [9.17, 15) is 4.79 Å². The number of ether oxygens (including phenoxy) is 1. The van der Waals surface area contributed by atoms with Crippen molar-refractivity contribution in [2.75, 3.05) is 5.43 Å². The van der Waals surface area contributed by atoms with Gasteiger partial charge < -0.3 is 4.74 Å². The van der Waals surface area contributed by atoms with Crippen molar-refractivity contribution in [3.05, 3.63) is 87.8 Å². The summed E-state index contributed by atoms with van der Waals surface area (Å²) in [5.41, 5.74) is 5.87. The van der Waals surface area contributed by atoms with Gasteiger partial charge >= 0.3 is 0 Å². The van der Waals surface area contributed by atoms with Crippen molar-refractivity contribution in [2.24, 2.45) is 5.10 Å². The van der Waals surface area contributed by atoms with E-state index >= 15 is 0 Å². The van der Waals surface area contributed by atoms with E-state index in [4.69, 9.17) is 4.74 Å². The van der Waals surface area contributed by atoms with Crippen LogP contribution in [0.5, 0.6) is 5.75 Å². The number of hydrazone groups is 1. The Morgan fingerprint density at radius 1 is 1.15 bits per heavy atom. The molecule has 3 rings (SSSR count). The molecule has 1 heterocycles. The number of anilines is 1. The molecule has 0 fully saturated rings. The van der Waals surface area contributed by atoms with Crippen LogP contribution in [0.1, 0.15) is 23.7 Å². The molecule has 0 spiro atoms. The molecule has 0 bridgehead atoms. The highest BCUT2D eigenvalue weighted by atomic mass is 16.5. The molecule has 0 saturated heterocycles. The van der Waals surface area contributed by atoms with Crippen molar-refractivity contribution < 1.29 is 4.74 Å². The maximum atomic E-state index is 11.5. The maximum absolute atomic E-state index is 11.5. The summed E-state index contributed by atoms with van der Waals surface area (Å²) in [5.74, 6) is 1.04. The number of benzene rings is 2. The summed E-state index contributed by atoms with van der Waals surface area (Å²) >= 11 is 0. The molecule has 26 heavy (non-hydrogen) atoms. The zero-order chi connectivity index (χ0) is 18.4. The number of nitrogens with zero attached hydrogens (tertiary/aromatic N) is 2. The molecule has 0 amide bonds. The first kappa shape index (κ1) is 17.4. The van der Waals surface area contributed by atoms with Gasteiger partial charge in [0, 0.05) is 17.3 Å². The molecule has 0 aliphatic heterocycles. The lowest BCUT2D eigenvalue weighted by molar-refractivity contribution is 0.305. The van der Waals surface area contributed by atoms with Crippen LogP contribution in [-0.4, -0.2) is 15.7 Å². The lowest BCUT2D eigenvalue weighted by Crippen LogP contribution is -2.11. The van der Waals surface area contributed by atoms with E-state index in [2.05, 4.69) is 20.5 Å². The van der Waals surface area contributed by atoms with Crippen molar-refractivity contribution in [2.45, 2.75) is 20.5 Å². The minimum atomic E-state index is -0.223. The summed E-state index contributed by atoms with van der Waals surface area (Å²) in [6, 6.07) is 19.1. The largest absolute Gasteiger partial charge is 0.488 e. The number of nitrogens with one attached hydrogen (secondary N) is 2. The van der Waals surface area contributed by atoms with Crippen LogP contribution in [0.15, 0.2) is 70.6 Å². The summed E-state index contributed by atoms with van der Waals surface area (Å²) in [5, 5.41) is 4.32. The number of aromatic amines is 1. The molecule has 1 aromatic heterocycles. The molecular formula is C20H20N4O2. The Bertz CT molecular complexity index is 965. The van der Waals surface area contributed by atoms with Gasteiger partial charge in [0.05, 0.1) is 5.71 Å². The molecule has 6 heteroatoms. The van der Waals surface area contributed by atoms with Gasteiger partial charge in [-0.25, -0.2) is 10.4 Å². The average Bonchev–Trinajstić information content (AvgIpc) is 2.65. The van der Waals surface area contributed by atoms with Gasteiger partial charge in [-0.3, -0.25) is 9.78 Å². The molecule has 3 aromatic rings. The standard InChI is InChI=1S/C20H20N4O2/c1-14-12-19(25)22-20(21-14)24-23-15(2)17-10-6-7-11-18(17)26-13-16-8-4-3-5-9-16/h3-12H,13H2,1-2H3,(H2,21,22,24,25). The first-order chi connectivity index (χ1) is 12.6. The van der Waals surface area contributed by atoms with Crippen molar-refractivity contribution in [1.82, 2.24) is 9.97 Å². The van der Waals surface area contributed by atoms with E-state index in [-0.39, 0.29) is 5.56 Å². The van der Waals surface area contributed by atoms with Gasteiger partial charge in [-0.1, -0.05) is 42.5 Å². The Hall–Kier alpha value is -3.41. The second-order valence-corrected chi connectivity index (χ2v) is 5.81. The summed E-state index contributed by atoms with van der Waals surface area (Å²) in [6.45, 7) is 4.10. The van der Waals surface area contributed by atoms with Crippen LogP contribution in [-0.2, 0) is 6.61 Å². The first-order valence-electron chi connectivity index (χ1n) is 8.26. The molecule has 6 nitrogen and oxygen atoms in total. The zero-order valence-electron chi connectivity index (χ0n) is 14.7. The number of hydrogen-bond donors (Lipinski definition) is 2.